The number of pyridine rings is 1. The number of hydrogen-bond acceptors (Lipinski definition) is 5. The quantitative estimate of drug-likeness (QED) is 0.115. The normalized spacial score (nSPS) is 19.3. The Bertz CT molecular complexity index is 1510. The van der Waals surface area contributed by atoms with Gasteiger partial charge < -0.3 is 14.5 Å². The van der Waals surface area contributed by atoms with Crippen molar-refractivity contribution >= 4 is 53.4 Å². The van der Waals surface area contributed by atoms with Crippen LogP contribution in [0.25, 0.3) is 0 Å². The van der Waals surface area contributed by atoms with E-state index in [-0.39, 0.29) is 33.7 Å². The summed E-state index contributed by atoms with van der Waals surface area (Å²) in [6.45, 7) is 13.8. The molecule has 0 bridgehead atoms. The van der Waals surface area contributed by atoms with Crippen LogP contribution < -0.4 is 10.1 Å². The number of hydrogen-bond donors (Lipinski definition) is 1. The summed E-state index contributed by atoms with van der Waals surface area (Å²) >= 11 is 15.7. The molecule has 1 aromatic heterocycles. The molecular formula is C33H39BrCl2FN3O3Si. The van der Waals surface area contributed by atoms with E-state index in [1.165, 1.54) is 11.1 Å². The third kappa shape index (κ3) is 6.88. The van der Waals surface area contributed by atoms with Gasteiger partial charge in [-0.25, -0.2) is 4.39 Å². The molecule has 0 spiro atoms. The number of nitrogens with zero attached hydrogens (tertiary/aromatic N) is 2. The second kappa shape index (κ2) is 12.6. The van der Waals surface area contributed by atoms with Gasteiger partial charge in [-0.2, -0.15) is 0 Å². The van der Waals surface area contributed by atoms with Crippen LogP contribution in [0.1, 0.15) is 60.8 Å². The molecule has 44 heavy (non-hydrogen) atoms. The molecule has 2 aliphatic rings. The van der Waals surface area contributed by atoms with Gasteiger partial charge in [-0.15, -0.1) is 0 Å². The molecule has 1 unspecified atom stereocenters. The first-order chi connectivity index (χ1) is 20.7. The number of nitrogens with one attached hydrogen (secondary N) is 1. The Labute approximate surface area is 278 Å². The molecule has 1 saturated carbocycles. The molecule has 236 valence electrons. The topological polar surface area (TPSA) is 63.7 Å². The summed E-state index contributed by atoms with van der Waals surface area (Å²) in [6, 6.07) is 13.2. The Morgan fingerprint density at radius 1 is 1.09 bits per heavy atom. The van der Waals surface area contributed by atoms with E-state index in [1.807, 2.05) is 0 Å². The molecule has 2 aromatic carbocycles. The second-order valence-electron chi connectivity index (χ2n) is 13.4. The lowest BCUT2D eigenvalue weighted by atomic mass is 9.94. The van der Waals surface area contributed by atoms with Crippen molar-refractivity contribution in [3.05, 3.63) is 91.6 Å². The molecule has 2 heterocycles. The predicted octanol–water partition coefficient (Wildman–Crippen LogP) is 8.75. The van der Waals surface area contributed by atoms with Crippen LogP contribution in [0.3, 0.4) is 0 Å². The second-order valence-corrected chi connectivity index (χ2v) is 20.0. The molecule has 1 aliphatic carbocycles. The van der Waals surface area contributed by atoms with E-state index < -0.39 is 20.0 Å². The summed E-state index contributed by atoms with van der Waals surface area (Å²) in [6.07, 6.45) is 3.50. The van der Waals surface area contributed by atoms with Crippen molar-refractivity contribution in [3.63, 3.8) is 0 Å². The summed E-state index contributed by atoms with van der Waals surface area (Å²) < 4.78 is 31.2. The Morgan fingerprint density at radius 2 is 1.77 bits per heavy atom. The monoisotopic (exact) mass is 721 g/mol. The van der Waals surface area contributed by atoms with Gasteiger partial charge in [-0.1, -0.05) is 72.0 Å². The van der Waals surface area contributed by atoms with E-state index in [0.717, 1.165) is 25.9 Å². The highest BCUT2D eigenvalue weighted by Gasteiger charge is 2.54. The van der Waals surface area contributed by atoms with Gasteiger partial charge in [0.25, 0.3) is 5.91 Å². The van der Waals surface area contributed by atoms with Gasteiger partial charge in [0.05, 0.1) is 35.0 Å². The van der Waals surface area contributed by atoms with Gasteiger partial charge in [-0.05, 0) is 67.4 Å². The molecule has 0 radical (unpaired) electrons. The molecule has 5 rings (SSSR count). The zero-order chi connectivity index (χ0) is 31.9. The zero-order valence-electron chi connectivity index (χ0n) is 25.8. The standard InChI is InChI=1S/C33H39BrCl2FN3O3Si/c1-31(2,3)44(4,5)43-15-14-38-20-32(12-13-32)21-42-28-17-23(34)16-27-29(28)33(37,22-6-8-24(35)9-7-22)40(30(27)41)19-26-11-10-25(36)18-39-26/h6-11,16-18,38H,12-15,19-21H2,1-5H3. The maximum atomic E-state index is 17.8. The van der Waals surface area contributed by atoms with Crippen LogP contribution in [0.5, 0.6) is 5.75 Å². The number of alkyl halides is 1. The fourth-order valence-electron chi connectivity index (χ4n) is 5.17. The number of amides is 1. The van der Waals surface area contributed by atoms with Crippen molar-refractivity contribution in [1.82, 2.24) is 15.2 Å². The lowest BCUT2D eigenvalue weighted by Crippen LogP contribution is -2.42. The average Bonchev–Trinajstić information content (AvgIpc) is 3.70. The number of ether oxygens (including phenoxy) is 1. The summed E-state index contributed by atoms with van der Waals surface area (Å²) in [5.41, 5.74) is 1.16. The molecule has 11 heteroatoms. The molecule has 1 atom stereocenters. The third-order valence-electron chi connectivity index (χ3n) is 9.12. The fourth-order valence-corrected chi connectivity index (χ4v) is 6.89. The van der Waals surface area contributed by atoms with Crippen LogP contribution in [0, 0.1) is 5.41 Å². The van der Waals surface area contributed by atoms with Gasteiger partial charge in [0.1, 0.15) is 5.75 Å². The molecule has 6 nitrogen and oxygen atoms in total. The van der Waals surface area contributed by atoms with Gasteiger partial charge >= 0.3 is 0 Å². The van der Waals surface area contributed by atoms with Crippen LogP contribution in [0.2, 0.25) is 28.2 Å². The molecule has 1 aliphatic heterocycles. The molecule has 0 saturated heterocycles. The van der Waals surface area contributed by atoms with Crippen molar-refractivity contribution in [2.45, 2.75) is 64.1 Å². The fraction of sp³-hybridized carbons (Fsp3) is 0.455. The SMILES string of the molecule is CC(C)(C)[Si](C)(C)OCCNCC1(COc2cc(Br)cc3c2C(F)(c2ccc(Cl)cc2)N(Cc2ccc(Cl)cn2)C3=O)CC1. The van der Waals surface area contributed by atoms with Crippen LogP contribution >= 0.6 is 39.1 Å². The molecule has 1 fully saturated rings. The van der Waals surface area contributed by atoms with Crippen molar-refractivity contribution in [2.24, 2.45) is 5.41 Å². The largest absolute Gasteiger partial charge is 0.492 e. The van der Waals surface area contributed by atoms with Gasteiger partial charge in [0.15, 0.2) is 8.32 Å². The Balaban J connectivity index is 1.37. The zero-order valence-corrected chi connectivity index (χ0v) is 29.9. The maximum absolute atomic E-state index is 17.8. The van der Waals surface area contributed by atoms with Gasteiger partial charge in [0.2, 0.25) is 5.79 Å². The highest BCUT2D eigenvalue weighted by molar-refractivity contribution is 9.10. The van der Waals surface area contributed by atoms with E-state index in [1.54, 1.807) is 48.5 Å². The van der Waals surface area contributed by atoms with Crippen molar-refractivity contribution in [3.8, 4) is 5.75 Å². The summed E-state index contributed by atoms with van der Waals surface area (Å²) in [7, 11) is -1.80. The van der Waals surface area contributed by atoms with Crippen molar-refractivity contribution in [2.75, 3.05) is 26.3 Å². The first kappa shape index (κ1) is 33.4. The highest BCUT2D eigenvalue weighted by atomic mass is 79.9. The maximum Gasteiger partial charge on any atom is 0.257 e. The number of aromatic nitrogens is 1. The first-order valence-electron chi connectivity index (χ1n) is 14.8. The Kier molecular flexibility index (Phi) is 9.59. The number of fused-ring (bicyclic) bond motifs is 1. The van der Waals surface area contributed by atoms with E-state index in [4.69, 9.17) is 32.4 Å². The minimum Gasteiger partial charge on any atom is -0.492 e. The minimum absolute atomic E-state index is 0.0546. The number of benzene rings is 2. The van der Waals surface area contributed by atoms with Crippen molar-refractivity contribution in [1.29, 1.82) is 0 Å². The number of carbonyl (C=O) groups excluding carboxylic acids is 1. The van der Waals surface area contributed by atoms with Crippen LogP contribution in [-0.4, -0.2) is 50.4 Å². The first-order valence-corrected chi connectivity index (χ1v) is 19.3. The Hall–Kier alpha value is -2.01. The lowest BCUT2D eigenvalue weighted by molar-refractivity contribution is 0.00963. The van der Waals surface area contributed by atoms with E-state index in [9.17, 15) is 4.79 Å². The van der Waals surface area contributed by atoms with E-state index >= 15 is 4.39 Å². The molecular weight excluding hydrogens is 684 g/mol. The number of rotatable bonds is 12. The number of carbonyl (C=O) groups is 1. The van der Waals surface area contributed by atoms with Gasteiger partial charge in [-0.3, -0.25) is 14.7 Å². The average molecular weight is 724 g/mol. The summed E-state index contributed by atoms with van der Waals surface area (Å²) in [5.74, 6) is -2.44. The summed E-state index contributed by atoms with van der Waals surface area (Å²) in [5, 5.41) is 4.65. The highest BCUT2D eigenvalue weighted by Crippen LogP contribution is 2.52. The molecule has 1 N–H and O–H groups in total. The minimum atomic E-state index is -2.32. The van der Waals surface area contributed by atoms with E-state index in [0.29, 0.717) is 39.2 Å². The van der Waals surface area contributed by atoms with Crippen LogP contribution in [-0.2, 0) is 16.8 Å². The Morgan fingerprint density at radius 3 is 2.39 bits per heavy atom. The van der Waals surface area contributed by atoms with Crippen LogP contribution in [0.15, 0.2) is 59.2 Å². The summed E-state index contributed by atoms with van der Waals surface area (Å²) in [4.78, 5) is 19.4. The van der Waals surface area contributed by atoms with Gasteiger partial charge in [0, 0.05) is 46.4 Å². The lowest BCUT2D eigenvalue weighted by Gasteiger charge is -2.36. The third-order valence-corrected chi connectivity index (χ3v) is 14.6. The van der Waals surface area contributed by atoms with Crippen molar-refractivity contribution < 1.29 is 18.3 Å². The smallest absolute Gasteiger partial charge is 0.257 e. The van der Waals surface area contributed by atoms with Crippen LogP contribution in [0.4, 0.5) is 4.39 Å². The van der Waals surface area contributed by atoms with E-state index in [2.05, 4.69) is 60.1 Å². The number of halogens is 4. The molecule has 3 aromatic rings. The molecule has 1 amide bonds. The predicted molar refractivity (Wildman–Crippen MR) is 180 cm³/mol.